The molecule has 1 saturated heterocycles. The summed E-state index contributed by atoms with van der Waals surface area (Å²) in [4.78, 5) is 31.1. The van der Waals surface area contributed by atoms with Crippen molar-refractivity contribution >= 4 is 17.4 Å². The summed E-state index contributed by atoms with van der Waals surface area (Å²) in [6, 6.07) is 11.4. The van der Waals surface area contributed by atoms with Crippen molar-refractivity contribution < 1.29 is 28.2 Å². The number of rotatable bonds is 5. The topological polar surface area (TPSA) is 79.7 Å². The predicted octanol–water partition coefficient (Wildman–Crippen LogP) is 3.99. The van der Waals surface area contributed by atoms with Crippen LogP contribution < -0.4 is 4.74 Å². The fourth-order valence-electron chi connectivity index (χ4n) is 3.72. The van der Waals surface area contributed by atoms with Gasteiger partial charge in [-0.2, -0.15) is 0 Å². The molecule has 6 nitrogen and oxygen atoms in total. The number of aromatic nitrogens is 1. The molecule has 3 aromatic rings. The summed E-state index contributed by atoms with van der Waals surface area (Å²) in [5.41, 5.74) is 0.674. The van der Waals surface area contributed by atoms with E-state index < -0.39 is 35.1 Å². The van der Waals surface area contributed by atoms with E-state index in [4.69, 9.17) is 4.74 Å². The fraction of sp³-hybridized carbons (Fsp3) is 0.125. The van der Waals surface area contributed by atoms with Crippen LogP contribution in [0.2, 0.25) is 0 Å². The smallest absolute Gasteiger partial charge is 0.295 e. The van der Waals surface area contributed by atoms with Gasteiger partial charge in [-0.15, -0.1) is 0 Å². The van der Waals surface area contributed by atoms with E-state index in [1.807, 2.05) is 0 Å². The first-order valence-electron chi connectivity index (χ1n) is 9.67. The minimum atomic E-state index is -1.07. The number of carbonyl (C=O) groups is 2. The van der Waals surface area contributed by atoms with Crippen LogP contribution in [0.25, 0.3) is 5.76 Å². The van der Waals surface area contributed by atoms with Gasteiger partial charge in [0, 0.05) is 24.5 Å². The molecule has 2 aromatic carbocycles. The average molecular weight is 436 g/mol. The molecule has 1 aliphatic rings. The lowest BCUT2D eigenvalue weighted by Gasteiger charge is -2.25. The molecule has 1 aromatic heterocycles. The molecule has 1 amide bonds. The zero-order valence-electron chi connectivity index (χ0n) is 17.0. The van der Waals surface area contributed by atoms with E-state index >= 15 is 0 Å². The molecule has 8 heteroatoms. The number of pyridine rings is 1. The number of halogens is 2. The van der Waals surface area contributed by atoms with Crippen LogP contribution >= 0.6 is 0 Å². The maximum atomic E-state index is 14.2. The second kappa shape index (κ2) is 8.58. The number of hydrogen-bond donors (Lipinski definition) is 1. The van der Waals surface area contributed by atoms with Crippen LogP contribution in [-0.2, 0) is 16.1 Å². The molecule has 162 valence electrons. The van der Waals surface area contributed by atoms with Gasteiger partial charge >= 0.3 is 0 Å². The zero-order valence-corrected chi connectivity index (χ0v) is 17.0. The van der Waals surface area contributed by atoms with Gasteiger partial charge < -0.3 is 14.7 Å². The van der Waals surface area contributed by atoms with Gasteiger partial charge in [-0.1, -0.05) is 18.2 Å². The lowest BCUT2D eigenvalue weighted by atomic mass is 9.95. The highest BCUT2D eigenvalue weighted by molar-refractivity contribution is 6.46. The van der Waals surface area contributed by atoms with Crippen molar-refractivity contribution in [2.45, 2.75) is 12.6 Å². The van der Waals surface area contributed by atoms with Crippen molar-refractivity contribution in [1.82, 2.24) is 9.88 Å². The standard InChI is InChI=1S/C24H18F2N2O4/c1-32-19-8-7-16(11-18(19)26)22(29)20-21(15-5-2-6-17(25)10-15)28(24(31)23(20)30)13-14-4-3-9-27-12-14/h2-12,21,29H,13H2,1H3/t21-/m1/s1. The molecule has 32 heavy (non-hydrogen) atoms. The van der Waals surface area contributed by atoms with Crippen molar-refractivity contribution in [1.29, 1.82) is 0 Å². The highest BCUT2D eigenvalue weighted by Crippen LogP contribution is 2.40. The Kier molecular flexibility index (Phi) is 5.68. The fourth-order valence-corrected chi connectivity index (χ4v) is 3.72. The molecule has 0 unspecified atom stereocenters. The van der Waals surface area contributed by atoms with E-state index in [1.54, 1.807) is 30.6 Å². The number of benzene rings is 2. The van der Waals surface area contributed by atoms with Gasteiger partial charge in [0.2, 0.25) is 0 Å². The summed E-state index contributed by atoms with van der Waals surface area (Å²) in [6.07, 6.45) is 3.11. The third-order valence-electron chi connectivity index (χ3n) is 5.21. The van der Waals surface area contributed by atoms with Gasteiger partial charge in [0.25, 0.3) is 11.7 Å². The summed E-state index contributed by atoms with van der Waals surface area (Å²) >= 11 is 0. The maximum absolute atomic E-state index is 14.2. The van der Waals surface area contributed by atoms with Gasteiger partial charge in [0.05, 0.1) is 18.7 Å². The third kappa shape index (κ3) is 3.82. The summed E-state index contributed by atoms with van der Waals surface area (Å²) in [5.74, 6) is -3.72. The molecular weight excluding hydrogens is 418 g/mol. The molecule has 0 spiro atoms. The normalized spacial score (nSPS) is 17.6. The number of ketones is 1. The SMILES string of the molecule is COc1ccc(C(O)=C2C(=O)C(=O)N(Cc3cccnc3)[C@@H]2c2cccc(F)c2)cc1F. The number of methoxy groups -OCH3 is 1. The van der Waals surface area contributed by atoms with Gasteiger partial charge in [-0.3, -0.25) is 14.6 Å². The Labute approximate surface area is 182 Å². The summed E-state index contributed by atoms with van der Waals surface area (Å²) in [7, 11) is 1.30. The monoisotopic (exact) mass is 436 g/mol. The number of aliphatic hydroxyl groups is 1. The number of amides is 1. The first-order chi connectivity index (χ1) is 15.4. The number of hydrogen-bond acceptors (Lipinski definition) is 5. The van der Waals surface area contributed by atoms with E-state index in [0.717, 1.165) is 6.07 Å². The van der Waals surface area contributed by atoms with Crippen molar-refractivity contribution in [2.75, 3.05) is 7.11 Å². The minimum absolute atomic E-state index is 0.00729. The summed E-state index contributed by atoms with van der Waals surface area (Å²) < 4.78 is 33.1. The molecule has 1 atom stereocenters. The zero-order chi connectivity index (χ0) is 22.8. The van der Waals surface area contributed by atoms with Crippen LogP contribution in [0.3, 0.4) is 0 Å². The molecule has 1 N–H and O–H groups in total. The van der Waals surface area contributed by atoms with Gasteiger partial charge in [0.1, 0.15) is 11.6 Å². The Morgan fingerprint density at radius 2 is 1.94 bits per heavy atom. The van der Waals surface area contributed by atoms with Gasteiger partial charge in [-0.25, -0.2) is 8.78 Å². The van der Waals surface area contributed by atoms with E-state index in [9.17, 15) is 23.5 Å². The number of ether oxygens (including phenoxy) is 1. The van der Waals surface area contributed by atoms with E-state index in [2.05, 4.69) is 4.98 Å². The van der Waals surface area contributed by atoms with Crippen LogP contribution in [0.5, 0.6) is 5.75 Å². The number of nitrogens with zero attached hydrogens (tertiary/aromatic N) is 2. The molecule has 0 bridgehead atoms. The molecule has 1 aliphatic heterocycles. The molecule has 2 heterocycles. The third-order valence-corrected chi connectivity index (χ3v) is 5.21. The second-order valence-electron chi connectivity index (χ2n) is 7.19. The Bertz CT molecular complexity index is 1230. The van der Waals surface area contributed by atoms with Crippen LogP contribution in [0.15, 0.2) is 72.6 Å². The van der Waals surface area contributed by atoms with Crippen molar-refractivity contribution in [3.63, 3.8) is 0 Å². The van der Waals surface area contributed by atoms with Crippen molar-refractivity contribution in [2.24, 2.45) is 0 Å². The Hall–Kier alpha value is -4.07. The van der Waals surface area contributed by atoms with Crippen LogP contribution in [0, 0.1) is 11.6 Å². The maximum Gasteiger partial charge on any atom is 0.295 e. The molecule has 4 rings (SSSR count). The van der Waals surface area contributed by atoms with Crippen molar-refractivity contribution in [3.05, 3.63) is 101 Å². The summed E-state index contributed by atoms with van der Waals surface area (Å²) in [5, 5.41) is 10.9. The first-order valence-corrected chi connectivity index (χ1v) is 9.67. The van der Waals surface area contributed by atoms with Crippen LogP contribution in [0.1, 0.15) is 22.7 Å². The Morgan fingerprint density at radius 1 is 1.12 bits per heavy atom. The average Bonchev–Trinajstić information content (AvgIpc) is 3.04. The lowest BCUT2D eigenvalue weighted by Crippen LogP contribution is -2.29. The quantitative estimate of drug-likeness (QED) is 0.372. The Balaban J connectivity index is 1.87. The number of aliphatic hydroxyl groups excluding tert-OH is 1. The minimum Gasteiger partial charge on any atom is -0.507 e. The summed E-state index contributed by atoms with van der Waals surface area (Å²) in [6.45, 7) is 0.00729. The number of likely N-dealkylation sites (tertiary alicyclic amines) is 1. The Morgan fingerprint density at radius 3 is 2.59 bits per heavy atom. The lowest BCUT2D eigenvalue weighted by molar-refractivity contribution is -0.140. The van der Waals surface area contributed by atoms with Crippen molar-refractivity contribution in [3.8, 4) is 5.75 Å². The van der Waals surface area contributed by atoms with Gasteiger partial charge in [0.15, 0.2) is 11.6 Å². The molecular formula is C24H18F2N2O4. The second-order valence-corrected chi connectivity index (χ2v) is 7.19. The number of Topliss-reactive ketones (excluding diaryl/α,β-unsaturated/α-hetero) is 1. The van der Waals surface area contributed by atoms with E-state index in [-0.39, 0.29) is 23.4 Å². The molecule has 0 radical (unpaired) electrons. The predicted molar refractivity (Wildman–Crippen MR) is 111 cm³/mol. The largest absolute Gasteiger partial charge is 0.507 e. The number of carbonyl (C=O) groups excluding carboxylic acids is 2. The molecule has 0 saturated carbocycles. The first kappa shape index (κ1) is 21.2. The van der Waals surface area contributed by atoms with E-state index in [0.29, 0.717) is 11.1 Å². The molecule has 0 aliphatic carbocycles. The van der Waals surface area contributed by atoms with Crippen LogP contribution in [-0.4, -0.2) is 33.8 Å². The van der Waals surface area contributed by atoms with E-state index in [1.165, 1.54) is 42.3 Å². The van der Waals surface area contributed by atoms with Crippen LogP contribution in [0.4, 0.5) is 8.78 Å². The van der Waals surface area contributed by atoms with Gasteiger partial charge in [-0.05, 0) is 47.5 Å². The molecule has 1 fully saturated rings. The highest BCUT2D eigenvalue weighted by Gasteiger charge is 2.46. The highest BCUT2D eigenvalue weighted by atomic mass is 19.1.